The van der Waals surface area contributed by atoms with Crippen LogP contribution in [0.25, 0.3) is 0 Å². The first-order valence-electron chi connectivity index (χ1n) is 6.80. The zero-order valence-electron chi connectivity index (χ0n) is 11.4. The smallest absolute Gasteiger partial charge is 0.225 e. The van der Waals surface area contributed by atoms with Gasteiger partial charge in [0.1, 0.15) is 0 Å². The van der Waals surface area contributed by atoms with Crippen LogP contribution < -0.4 is 5.32 Å². The van der Waals surface area contributed by atoms with Crippen LogP contribution in [-0.2, 0) is 9.53 Å². The maximum atomic E-state index is 12.2. The van der Waals surface area contributed by atoms with E-state index in [-0.39, 0.29) is 24.4 Å². The fourth-order valence-corrected chi connectivity index (χ4v) is 2.82. The van der Waals surface area contributed by atoms with E-state index in [1.807, 2.05) is 4.90 Å². The Kier molecular flexibility index (Phi) is 6.39. The molecular formula is C13H25ClN2O2. The molecule has 2 aliphatic heterocycles. The molecule has 4 nitrogen and oxygen atoms in total. The van der Waals surface area contributed by atoms with Crippen molar-refractivity contribution >= 4 is 18.3 Å². The summed E-state index contributed by atoms with van der Waals surface area (Å²) in [5, 5.41) is 3.44. The van der Waals surface area contributed by atoms with Crippen LogP contribution in [0.3, 0.4) is 0 Å². The van der Waals surface area contributed by atoms with Crippen molar-refractivity contribution in [2.75, 3.05) is 19.7 Å². The third-order valence-electron chi connectivity index (χ3n) is 3.59. The number of piperazine rings is 1. The van der Waals surface area contributed by atoms with E-state index in [1.54, 1.807) is 0 Å². The lowest BCUT2D eigenvalue weighted by Gasteiger charge is -2.37. The van der Waals surface area contributed by atoms with Crippen molar-refractivity contribution in [1.29, 1.82) is 0 Å². The Labute approximate surface area is 116 Å². The number of rotatable bonds is 2. The van der Waals surface area contributed by atoms with E-state index in [0.29, 0.717) is 18.5 Å². The number of hydrogen-bond donors (Lipinski definition) is 1. The van der Waals surface area contributed by atoms with E-state index < -0.39 is 0 Å². The lowest BCUT2D eigenvalue weighted by atomic mass is 10.0. The summed E-state index contributed by atoms with van der Waals surface area (Å²) in [6.07, 6.45) is 4.12. The molecule has 18 heavy (non-hydrogen) atoms. The number of nitrogens with zero attached hydrogens (tertiary/aromatic N) is 1. The molecule has 2 rings (SSSR count). The van der Waals surface area contributed by atoms with Gasteiger partial charge in [0.25, 0.3) is 0 Å². The molecule has 3 atom stereocenters. The number of ether oxygens (including phenoxy) is 1. The third-order valence-corrected chi connectivity index (χ3v) is 3.59. The standard InChI is InChI=1S/C13H24N2O2.ClH/c1-10-8-15(9-11(2)14-10)13(16)7-12-5-3-4-6-17-12;/h10-12,14H,3-9H2,1-2H3;1H. The van der Waals surface area contributed by atoms with Crippen LogP contribution in [0.2, 0.25) is 0 Å². The molecule has 1 amide bonds. The summed E-state index contributed by atoms with van der Waals surface area (Å²) < 4.78 is 5.63. The summed E-state index contributed by atoms with van der Waals surface area (Å²) >= 11 is 0. The van der Waals surface area contributed by atoms with Crippen molar-refractivity contribution in [1.82, 2.24) is 10.2 Å². The van der Waals surface area contributed by atoms with Crippen LogP contribution in [0.15, 0.2) is 0 Å². The maximum absolute atomic E-state index is 12.2. The van der Waals surface area contributed by atoms with Crippen LogP contribution in [0, 0.1) is 0 Å². The molecule has 3 unspecified atom stereocenters. The Morgan fingerprint density at radius 1 is 1.28 bits per heavy atom. The van der Waals surface area contributed by atoms with Crippen molar-refractivity contribution in [2.24, 2.45) is 0 Å². The molecule has 0 aromatic heterocycles. The highest BCUT2D eigenvalue weighted by molar-refractivity contribution is 5.85. The minimum atomic E-state index is 0. The average molecular weight is 277 g/mol. The highest BCUT2D eigenvalue weighted by Crippen LogP contribution is 2.17. The minimum absolute atomic E-state index is 0. The second kappa shape index (κ2) is 7.31. The van der Waals surface area contributed by atoms with Gasteiger partial charge in [-0.2, -0.15) is 0 Å². The van der Waals surface area contributed by atoms with Gasteiger partial charge in [-0.25, -0.2) is 0 Å². The molecule has 0 aromatic rings. The summed E-state index contributed by atoms with van der Waals surface area (Å²) in [4.78, 5) is 14.2. The van der Waals surface area contributed by atoms with Crippen molar-refractivity contribution in [3.8, 4) is 0 Å². The van der Waals surface area contributed by atoms with E-state index in [9.17, 15) is 4.79 Å². The number of hydrogen-bond acceptors (Lipinski definition) is 3. The van der Waals surface area contributed by atoms with Gasteiger partial charge in [-0.3, -0.25) is 4.79 Å². The summed E-state index contributed by atoms with van der Waals surface area (Å²) in [5.74, 6) is 0.261. The molecule has 0 spiro atoms. The molecule has 106 valence electrons. The Morgan fingerprint density at radius 2 is 1.94 bits per heavy atom. The zero-order valence-corrected chi connectivity index (χ0v) is 12.2. The molecule has 5 heteroatoms. The van der Waals surface area contributed by atoms with Gasteiger partial charge in [-0.1, -0.05) is 0 Å². The average Bonchev–Trinajstić information content (AvgIpc) is 2.29. The zero-order chi connectivity index (χ0) is 12.3. The predicted molar refractivity (Wildman–Crippen MR) is 74.1 cm³/mol. The Bertz CT molecular complexity index is 260. The van der Waals surface area contributed by atoms with E-state index in [1.165, 1.54) is 6.42 Å². The summed E-state index contributed by atoms with van der Waals surface area (Å²) in [6.45, 7) is 6.75. The number of carbonyl (C=O) groups excluding carboxylic acids is 1. The topological polar surface area (TPSA) is 41.6 Å². The van der Waals surface area contributed by atoms with Crippen LogP contribution in [0.1, 0.15) is 39.5 Å². The molecular weight excluding hydrogens is 252 g/mol. The Morgan fingerprint density at radius 3 is 2.50 bits per heavy atom. The van der Waals surface area contributed by atoms with Crippen LogP contribution in [0.5, 0.6) is 0 Å². The van der Waals surface area contributed by atoms with Crippen LogP contribution in [-0.4, -0.2) is 48.7 Å². The highest BCUT2D eigenvalue weighted by Gasteiger charge is 2.27. The molecule has 2 aliphatic rings. The molecule has 1 N–H and O–H groups in total. The van der Waals surface area contributed by atoms with Gasteiger partial charge < -0.3 is 15.0 Å². The van der Waals surface area contributed by atoms with E-state index in [4.69, 9.17) is 4.74 Å². The molecule has 2 saturated heterocycles. The fourth-order valence-electron chi connectivity index (χ4n) is 2.82. The van der Waals surface area contributed by atoms with E-state index >= 15 is 0 Å². The summed E-state index contributed by atoms with van der Waals surface area (Å²) in [5.41, 5.74) is 0. The number of carbonyl (C=O) groups is 1. The van der Waals surface area contributed by atoms with Gasteiger partial charge in [0, 0.05) is 31.8 Å². The molecule has 0 bridgehead atoms. The summed E-state index contributed by atoms with van der Waals surface area (Å²) in [7, 11) is 0. The number of nitrogens with one attached hydrogen (secondary N) is 1. The van der Waals surface area contributed by atoms with Crippen molar-refractivity contribution < 1.29 is 9.53 Å². The maximum Gasteiger partial charge on any atom is 0.225 e. The second-order valence-corrected chi connectivity index (χ2v) is 5.46. The Hall–Kier alpha value is -0.320. The van der Waals surface area contributed by atoms with Crippen molar-refractivity contribution in [3.63, 3.8) is 0 Å². The molecule has 0 aromatic carbocycles. The summed E-state index contributed by atoms with van der Waals surface area (Å²) in [6, 6.07) is 0.796. The van der Waals surface area contributed by atoms with Crippen LogP contribution in [0.4, 0.5) is 0 Å². The first kappa shape index (κ1) is 15.7. The predicted octanol–water partition coefficient (Wildman–Crippen LogP) is 1.58. The van der Waals surface area contributed by atoms with Crippen molar-refractivity contribution in [3.05, 3.63) is 0 Å². The molecule has 0 aliphatic carbocycles. The van der Waals surface area contributed by atoms with Gasteiger partial charge in [0.15, 0.2) is 0 Å². The van der Waals surface area contributed by atoms with E-state index in [2.05, 4.69) is 19.2 Å². The molecule has 2 heterocycles. The monoisotopic (exact) mass is 276 g/mol. The number of amides is 1. The van der Waals surface area contributed by atoms with Crippen LogP contribution >= 0.6 is 12.4 Å². The first-order chi connectivity index (χ1) is 8.15. The van der Waals surface area contributed by atoms with Gasteiger partial charge in [0.05, 0.1) is 12.5 Å². The lowest BCUT2D eigenvalue weighted by molar-refractivity contribution is -0.136. The Balaban J connectivity index is 0.00000162. The molecule has 0 radical (unpaired) electrons. The van der Waals surface area contributed by atoms with Crippen molar-refractivity contribution in [2.45, 2.75) is 57.7 Å². The van der Waals surface area contributed by atoms with Gasteiger partial charge in [-0.15, -0.1) is 12.4 Å². The minimum Gasteiger partial charge on any atom is -0.378 e. The first-order valence-corrected chi connectivity index (χ1v) is 6.80. The van der Waals surface area contributed by atoms with E-state index in [0.717, 1.165) is 32.5 Å². The highest BCUT2D eigenvalue weighted by atomic mass is 35.5. The largest absolute Gasteiger partial charge is 0.378 e. The van der Waals surface area contributed by atoms with Gasteiger partial charge >= 0.3 is 0 Å². The molecule has 0 saturated carbocycles. The van der Waals surface area contributed by atoms with Gasteiger partial charge in [0.2, 0.25) is 5.91 Å². The lowest BCUT2D eigenvalue weighted by Crippen LogP contribution is -2.56. The SMILES string of the molecule is CC1CN(C(=O)CC2CCCCO2)CC(C)N1.Cl. The quantitative estimate of drug-likeness (QED) is 0.833. The normalized spacial score (nSPS) is 32.8. The molecule has 2 fully saturated rings. The van der Waals surface area contributed by atoms with Gasteiger partial charge in [-0.05, 0) is 33.1 Å². The number of halogens is 1. The third kappa shape index (κ3) is 4.41. The fraction of sp³-hybridized carbons (Fsp3) is 0.923. The second-order valence-electron chi connectivity index (χ2n) is 5.46.